The molecule has 2 N–H and O–H groups in total. The highest BCUT2D eigenvalue weighted by Gasteiger charge is 2.06. The summed E-state index contributed by atoms with van der Waals surface area (Å²) in [5.41, 5.74) is 1.92. The maximum atomic E-state index is 12.1. The molecular weight excluding hydrogens is 312 g/mol. The minimum absolute atomic E-state index is 0.196. The molecule has 25 heavy (non-hydrogen) atoms. The number of hydrogen-bond acceptors (Lipinski definition) is 4. The fourth-order valence-electron chi connectivity index (χ4n) is 2.42. The molecule has 1 amide bonds. The second kappa shape index (κ2) is 8.59. The molecule has 0 saturated heterocycles. The second-order valence-corrected chi connectivity index (χ2v) is 5.64. The number of aryl methyl sites for hydroxylation is 1. The van der Waals surface area contributed by atoms with E-state index in [2.05, 4.69) is 45.1 Å². The Balaban J connectivity index is 1.45. The Morgan fingerprint density at radius 1 is 0.800 bits per heavy atom. The van der Waals surface area contributed by atoms with Crippen molar-refractivity contribution in [1.29, 1.82) is 0 Å². The molecule has 1 heterocycles. The van der Waals surface area contributed by atoms with Crippen molar-refractivity contribution in [2.24, 2.45) is 0 Å². The molecule has 0 aliphatic carbocycles. The van der Waals surface area contributed by atoms with Crippen LogP contribution in [0.2, 0.25) is 0 Å². The summed E-state index contributed by atoms with van der Waals surface area (Å²) in [5, 5.41) is 14.1. The monoisotopic (exact) mass is 332 g/mol. The van der Waals surface area contributed by atoms with E-state index in [0.29, 0.717) is 17.2 Å². The molecule has 0 atom stereocenters. The summed E-state index contributed by atoms with van der Waals surface area (Å²) in [6, 6.07) is 23.0. The van der Waals surface area contributed by atoms with Gasteiger partial charge in [0.05, 0.1) is 0 Å². The van der Waals surface area contributed by atoms with Crippen LogP contribution in [0.15, 0.2) is 72.8 Å². The fraction of sp³-hybridized carbons (Fsp3) is 0.150. The van der Waals surface area contributed by atoms with Crippen molar-refractivity contribution in [3.05, 3.63) is 83.9 Å². The lowest BCUT2D eigenvalue weighted by Gasteiger charge is -2.07. The molecule has 3 aromatic rings. The van der Waals surface area contributed by atoms with Crippen LogP contribution in [-0.2, 0) is 6.42 Å². The molecule has 0 radical (unpaired) electrons. The van der Waals surface area contributed by atoms with E-state index >= 15 is 0 Å². The summed E-state index contributed by atoms with van der Waals surface area (Å²) in [6.45, 7) is 0.819. The maximum absolute atomic E-state index is 12.1. The first-order valence-electron chi connectivity index (χ1n) is 8.29. The van der Waals surface area contributed by atoms with Crippen LogP contribution in [0.25, 0.3) is 0 Å². The molecule has 0 fully saturated rings. The van der Waals surface area contributed by atoms with Crippen LogP contribution in [0, 0.1) is 0 Å². The predicted molar refractivity (Wildman–Crippen MR) is 99.7 cm³/mol. The zero-order chi connectivity index (χ0) is 17.3. The van der Waals surface area contributed by atoms with Crippen LogP contribution in [0.1, 0.15) is 22.3 Å². The first kappa shape index (κ1) is 16.6. The number of amides is 1. The number of benzene rings is 2. The summed E-state index contributed by atoms with van der Waals surface area (Å²) in [6.07, 6.45) is 2.03. The van der Waals surface area contributed by atoms with Gasteiger partial charge in [-0.25, -0.2) is 0 Å². The standard InChI is InChI=1S/C20H20N4O/c25-20(17-11-5-2-6-12-17)22-19-14-13-18(23-24-19)21-15-7-10-16-8-3-1-4-9-16/h1-6,8-9,11-14H,7,10,15H2,(H,21,23)(H,22,24,25). The molecule has 0 unspecified atom stereocenters. The van der Waals surface area contributed by atoms with E-state index in [-0.39, 0.29) is 5.91 Å². The van der Waals surface area contributed by atoms with Gasteiger partial charge in [-0.05, 0) is 42.7 Å². The van der Waals surface area contributed by atoms with Crippen LogP contribution in [0.3, 0.4) is 0 Å². The highest BCUT2D eigenvalue weighted by molar-refractivity contribution is 6.03. The van der Waals surface area contributed by atoms with Crippen LogP contribution < -0.4 is 10.6 Å². The molecule has 0 aliphatic heterocycles. The molecule has 3 rings (SSSR count). The molecule has 5 heteroatoms. The lowest BCUT2D eigenvalue weighted by atomic mass is 10.1. The number of carbonyl (C=O) groups excluding carboxylic acids is 1. The van der Waals surface area contributed by atoms with Gasteiger partial charge in [0.1, 0.15) is 5.82 Å². The molecule has 1 aromatic heterocycles. The summed E-state index contributed by atoms with van der Waals surface area (Å²) in [5.74, 6) is 0.938. The van der Waals surface area contributed by atoms with Gasteiger partial charge in [0.15, 0.2) is 5.82 Å². The zero-order valence-electron chi connectivity index (χ0n) is 13.9. The number of hydrogen-bond donors (Lipinski definition) is 2. The Labute approximate surface area is 147 Å². The first-order chi connectivity index (χ1) is 12.3. The summed E-state index contributed by atoms with van der Waals surface area (Å²) >= 11 is 0. The summed E-state index contributed by atoms with van der Waals surface area (Å²) in [7, 11) is 0. The molecule has 0 saturated carbocycles. The van der Waals surface area contributed by atoms with Crippen molar-refractivity contribution in [1.82, 2.24) is 10.2 Å². The fourth-order valence-corrected chi connectivity index (χ4v) is 2.42. The summed E-state index contributed by atoms with van der Waals surface area (Å²) < 4.78 is 0. The number of carbonyl (C=O) groups is 1. The molecule has 2 aromatic carbocycles. The third kappa shape index (κ3) is 5.14. The minimum Gasteiger partial charge on any atom is -0.369 e. The van der Waals surface area contributed by atoms with E-state index in [1.807, 2.05) is 30.3 Å². The Morgan fingerprint density at radius 3 is 2.12 bits per heavy atom. The normalized spacial score (nSPS) is 10.2. The maximum Gasteiger partial charge on any atom is 0.256 e. The molecule has 126 valence electrons. The van der Waals surface area contributed by atoms with Gasteiger partial charge < -0.3 is 10.6 Å². The Bertz CT molecular complexity index is 789. The SMILES string of the molecule is O=C(Nc1ccc(NCCCc2ccccc2)nn1)c1ccccc1. The van der Waals surface area contributed by atoms with Gasteiger partial charge in [0.25, 0.3) is 5.91 Å². The van der Waals surface area contributed by atoms with Gasteiger partial charge in [-0.15, -0.1) is 10.2 Å². The number of aromatic nitrogens is 2. The van der Waals surface area contributed by atoms with Crippen molar-refractivity contribution in [2.45, 2.75) is 12.8 Å². The average molecular weight is 332 g/mol. The quantitative estimate of drug-likeness (QED) is 0.646. The Kier molecular flexibility index (Phi) is 5.72. The van der Waals surface area contributed by atoms with Crippen molar-refractivity contribution in [3.8, 4) is 0 Å². The molecule has 0 spiro atoms. The van der Waals surface area contributed by atoms with Crippen molar-refractivity contribution < 1.29 is 4.79 Å². The Morgan fingerprint density at radius 2 is 1.44 bits per heavy atom. The van der Waals surface area contributed by atoms with Gasteiger partial charge in [-0.3, -0.25) is 4.79 Å². The van der Waals surface area contributed by atoms with E-state index in [1.165, 1.54) is 5.56 Å². The van der Waals surface area contributed by atoms with Gasteiger partial charge in [-0.2, -0.15) is 0 Å². The zero-order valence-corrected chi connectivity index (χ0v) is 13.9. The highest BCUT2D eigenvalue weighted by atomic mass is 16.1. The predicted octanol–water partition coefficient (Wildman–Crippen LogP) is 3.77. The van der Waals surface area contributed by atoms with Gasteiger partial charge in [-0.1, -0.05) is 48.5 Å². The van der Waals surface area contributed by atoms with Crippen molar-refractivity contribution in [3.63, 3.8) is 0 Å². The van der Waals surface area contributed by atoms with E-state index in [9.17, 15) is 4.79 Å². The van der Waals surface area contributed by atoms with Crippen molar-refractivity contribution >= 4 is 17.5 Å². The van der Waals surface area contributed by atoms with E-state index < -0.39 is 0 Å². The number of nitrogens with zero attached hydrogens (tertiary/aromatic N) is 2. The third-order valence-electron chi connectivity index (χ3n) is 3.73. The number of rotatable bonds is 7. The lowest BCUT2D eigenvalue weighted by Crippen LogP contribution is -2.13. The van der Waals surface area contributed by atoms with Gasteiger partial charge in [0, 0.05) is 12.1 Å². The lowest BCUT2D eigenvalue weighted by molar-refractivity contribution is 0.102. The van der Waals surface area contributed by atoms with E-state index in [0.717, 1.165) is 19.4 Å². The van der Waals surface area contributed by atoms with E-state index in [4.69, 9.17) is 0 Å². The molecular formula is C20H20N4O. The van der Waals surface area contributed by atoms with Gasteiger partial charge >= 0.3 is 0 Å². The van der Waals surface area contributed by atoms with Crippen LogP contribution in [0.5, 0.6) is 0 Å². The van der Waals surface area contributed by atoms with Crippen LogP contribution >= 0.6 is 0 Å². The highest BCUT2D eigenvalue weighted by Crippen LogP contribution is 2.09. The summed E-state index contributed by atoms with van der Waals surface area (Å²) in [4.78, 5) is 12.1. The molecule has 0 aliphatic rings. The topological polar surface area (TPSA) is 66.9 Å². The van der Waals surface area contributed by atoms with Crippen molar-refractivity contribution in [2.75, 3.05) is 17.2 Å². The third-order valence-corrected chi connectivity index (χ3v) is 3.73. The smallest absolute Gasteiger partial charge is 0.256 e. The Hall–Kier alpha value is -3.21. The minimum atomic E-state index is -0.196. The second-order valence-electron chi connectivity index (χ2n) is 5.64. The molecule has 5 nitrogen and oxygen atoms in total. The number of nitrogens with one attached hydrogen (secondary N) is 2. The number of anilines is 2. The van der Waals surface area contributed by atoms with E-state index in [1.54, 1.807) is 18.2 Å². The van der Waals surface area contributed by atoms with Crippen LogP contribution in [0.4, 0.5) is 11.6 Å². The van der Waals surface area contributed by atoms with Crippen LogP contribution in [-0.4, -0.2) is 22.6 Å². The molecule has 0 bridgehead atoms. The van der Waals surface area contributed by atoms with Gasteiger partial charge in [0.2, 0.25) is 0 Å². The average Bonchev–Trinajstić information content (AvgIpc) is 2.68. The largest absolute Gasteiger partial charge is 0.369 e. The first-order valence-corrected chi connectivity index (χ1v) is 8.29.